The average molecular weight is 443 g/mol. The highest BCUT2D eigenvalue weighted by Crippen LogP contribution is 2.35. The molecular weight excluding hydrogens is 392 g/mol. The fraction of sp³-hybridized carbons (Fsp3) is 0.917. The summed E-state index contributed by atoms with van der Waals surface area (Å²) >= 11 is 0. The number of hydrogen-bond donors (Lipinski definition) is 1. The molecule has 1 aliphatic carbocycles. The SMILES string of the molecule is CC(C)C(C)(C)[SiH2]OCCCCCCCC1=CC(O)CC1O[SiH2]C(C)(C)C(C)C. The maximum atomic E-state index is 10.1. The Morgan fingerprint density at radius 2 is 1.48 bits per heavy atom. The van der Waals surface area contributed by atoms with E-state index in [1.54, 1.807) is 0 Å². The quantitative estimate of drug-likeness (QED) is 0.212. The Morgan fingerprint density at radius 1 is 0.931 bits per heavy atom. The summed E-state index contributed by atoms with van der Waals surface area (Å²) in [6.07, 6.45) is 10.0. The topological polar surface area (TPSA) is 38.7 Å². The normalized spacial score (nSPS) is 21.6. The van der Waals surface area contributed by atoms with Gasteiger partial charge >= 0.3 is 0 Å². The molecule has 0 spiro atoms. The van der Waals surface area contributed by atoms with E-state index < -0.39 is 19.5 Å². The van der Waals surface area contributed by atoms with Gasteiger partial charge in [0, 0.05) is 13.0 Å². The van der Waals surface area contributed by atoms with Gasteiger partial charge < -0.3 is 14.0 Å². The van der Waals surface area contributed by atoms with Crippen molar-refractivity contribution in [1.82, 2.24) is 0 Å². The summed E-state index contributed by atoms with van der Waals surface area (Å²) in [5, 5.41) is 10.8. The fourth-order valence-electron chi connectivity index (χ4n) is 3.26. The van der Waals surface area contributed by atoms with E-state index in [2.05, 4.69) is 61.5 Å². The van der Waals surface area contributed by atoms with Gasteiger partial charge in [0.15, 0.2) is 19.5 Å². The highest BCUT2D eigenvalue weighted by molar-refractivity contribution is 6.32. The van der Waals surface area contributed by atoms with Gasteiger partial charge in [-0.3, -0.25) is 0 Å². The molecule has 1 aliphatic rings. The fourth-order valence-corrected chi connectivity index (χ4v) is 5.78. The number of aliphatic hydroxyl groups excluding tert-OH is 1. The van der Waals surface area contributed by atoms with E-state index in [9.17, 15) is 5.11 Å². The van der Waals surface area contributed by atoms with Crippen molar-refractivity contribution in [2.75, 3.05) is 6.61 Å². The second-order valence-electron chi connectivity index (χ2n) is 11.2. The molecule has 0 amide bonds. The summed E-state index contributed by atoms with van der Waals surface area (Å²) in [7, 11) is -1.05. The standard InChI is InChI=1S/C24H50O3Si2/c1-18(2)23(5,6)28-26-15-13-11-9-10-12-14-20-16-21(25)17-22(20)27-29-24(7,8)19(3)4/h16,18-19,21-22,25H,9-15,17,28-29H2,1-8H3. The van der Waals surface area contributed by atoms with E-state index in [-0.39, 0.29) is 12.2 Å². The van der Waals surface area contributed by atoms with Crippen molar-refractivity contribution in [3.63, 3.8) is 0 Å². The van der Waals surface area contributed by atoms with Crippen LogP contribution in [0.5, 0.6) is 0 Å². The summed E-state index contributed by atoms with van der Waals surface area (Å²) in [4.78, 5) is 0. The second kappa shape index (κ2) is 12.8. The molecule has 0 saturated heterocycles. The highest BCUT2D eigenvalue weighted by Gasteiger charge is 2.30. The van der Waals surface area contributed by atoms with E-state index in [1.165, 1.54) is 37.7 Å². The van der Waals surface area contributed by atoms with Crippen molar-refractivity contribution in [1.29, 1.82) is 0 Å². The Hall–Kier alpha value is 0.0538. The monoisotopic (exact) mass is 442 g/mol. The minimum atomic E-state index is -0.615. The maximum absolute atomic E-state index is 10.1. The van der Waals surface area contributed by atoms with Crippen molar-refractivity contribution in [2.45, 2.75) is 123 Å². The molecule has 0 fully saturated rings. The minimum absolute atomic E-state index is 0.178. The summed E-state index contributed by atoms with van der Waals surface area (Å²) in [6.45, 7) is 19.5. The third kappa shape index (κ3) is 10.3. The second-order valence-corrected chi connectivity index (χ2v) is 16.2. The first-order valence-electron chi connectivity index (χ1n) is 12.0. The molecule has 0 bridgehead atoms. The molecule has 0 aromatic rings. The molecule has 0 heterocycles. The van der Waals surface area contributed by atoms with Gasteiger partial charge in [0.2, 0.25) is 0 Å². The van der Waals surface area contributed by atoms with Crippen molar-refractivity contribution in [3.8, 4) is 0 Å². The summed E-state index contributed by atoms with van der Waals surface area (Å²) in [5.74, 6) is 1.36. The Labute approximate surface area is 186 Å². The number of aliphatic hydroxyl groups is 1. The number of unbranched alkanes of at least 4 members (excludes halogenated alkanes) is 4. The molecule has 2 atom stereocenters. The lowest BCUT2D eigenvalue weighted by Gasteiger charge is -2.30. The molecule has 1 N–H and O–H groups in total. The Balaban J connectivity index is 2.16. The van der Waals surface area contributed by atoms with E-state index in [0.717, 1.165) is 19.4 Å². The third-order valence-corrected chi connectivity index (χ3v) is 11.5. The predicted octanol–water partition coefficient (Wildman–Crippen LogP) is 5.30. The smallest absolute Gasteiger partial charge is 0.168 e. The lowest BCUT2D eigenvalue weighted by molar-refractivity contribution is 0.158. The summed E-state index contributed by atoms with van der Waals surface area (Å²) < 4.78 is 12.4. The highest BCUT2D eigenvalue weighted by atomic mass is 28.2. The van der Waals surface area contributed by atoms with Crippen LogP contribution in [0.4, 0.5) is 0 Å². The van der Waals surface area contributed by atoms with Crippen LogP contribution in [-0.4, -0.2) is 43.4 Å². The van der Waals surface area contributed by atoms with Gasteiger partial charge in [-0.15, -0.1) is 0 Å². The van der Waals surface area contributed by atoms with E-state index in [0.29, 0.717) is 21.9 Å². The minimum Gasteiger partial charge on any atom is -0.423 e. The molecule has 1 rings (SSSR count). The van der Waals surface area contributed by atoms with Crippen LogP contribution < -0.4 is 0 Å². The van der Waals surface area contributed by atoms with Crippen LogP contribution >= 0.6 is 0 Å². The molecule has 0 saturated carbocycles. The summed E-state index contributed by atoms with van der Waals surface area (Å²) in [5.41, 5.74) is 1.36. The van der Waals surface area contributed by atoms with Crippen molar-refractivity contribution < 1.29 is 14.0 Å². The molecule has 29 heavy (non-hydrogen) atoms. The zero-order chi connectivity index (χ0) is 22.1. The molecule has 3 nitrogen and oxygen atoms in total. The lowest BCUT2D eigenvalue weighted by Crippen LogP contribution is -2.27. The number of hydrogen-bond acceptors (Lipinski definition) is 3. The zero-order valence-corrected chi connectivity index (χ0v) is 23.5. The van der Waals surface area contributed by atoms with Crippen LogP contribution in [-0.2, 0) is 8.85 Å². The van der Waals surface area contributed by atoms with Crippen LogP contribution in [0.3, 0.4) is 0 Å². The van der Waals surface area contributed by atoms with Crippen molar-refractivity contribution in [3.05, 3.63) is 11.6 Å². The van der Waals surface area contributed by atoms with Crippen LogP contribution in [0.15, 0.2) is 11.6 Å². The van der Waals surface area contributed by atoms with Gasteiger partial charge in [0.1, 0.15) is 0 Å². The molecule has 0 aromatic heterocycles. The van der Waals surface area contributed by atoms with Crippen LogP contribution in [0.1, 0.15) is 100 Å². The van der Waals surface area contributed by atoms with Gasteiger partial charge in [-0.25, -0.2) is 0 Å². The third-order valence-electron chi connectivity index (χ3n) is 7.29. The first kappa shape index (κ1) is 27.1. The van der Waals surface area contributed by atoms with Crippen LogP contribution in [0, 0.1) is 11.8 Å². The largest absolute Gasteiger partial charge is 0.423 e. The Morgan fingerprint density at radius 3 is 2.10 bits per heavy atom. The molecular formula is C24H50O3Si2. The zero-order valence-electron chi connectivity index (χ0n) is 20.7. The van der Waals surface area contributed by atoms with E-state index in [4.69, 9.17) is 8.85 Å². The lowest BCUT2D eigenvalue weighted by atomic mass is 9.99. The Bertz CT molecular complexity index is 487. The average Bonchev–Trinajstić information content (AvgIpc) is 2.98. The van der Waals surface area contributed by atoms with Crippen LogP contribution in [0.25, 0.3) is 0 Å². The predicted molar refractivity (Wildman–Crippen MR) is 132 cm³/mol. The summed E-state index contributed by atoms with van der Waals surface area (Å²) in [6, 6.07) is 0. The van der Waals surface area contributed by atoms with E-state index in [1.807, 2.05) is 0 Å². The first-order valence-corrected chi connectivity index (χ1v) is 14.6. The van der Waals surface area contributed by atoms with Gasteiger partial charge in [-0.2, -0.15) is 0 Å². The Kier molecular flexibility index (Phi) is 12.0. The van der Waals surface area contributed by atoms with E-state index >= 15 is 0 Å². The van der Waals surface area contributed by atoms with Crippen molar-refractivity contribution >= 4 is 19.5 Å². The maximum Gasteiger partial charge on any atom is 0.168 e. The first-order chi connectivity index (χ1) is 13.5. The molecule has 0 radical (unpaired) electrons. The molecule has 0 aliphatic heterocycles. The van der Waals surface area contributed by atoms with Gasteiger partial charge in [0.05, 0.1) is 12.2 Å². The van der Waals surface area contributed by atoms with Crippen molar-refractivity contribution in [2.24, 2.45) is 11.8 Å². The molecule has 0 aromatic carbocycles. The number of rotatable bonds is 15. The molecule has 172 valence electrons. The van der Waals surface area contributed by atoms with Gasteiger partial charge in [0.25, 0.3) is 0 Å². The molecule has 2 unspecified atom stereocenters. The van der Waals surface area contributed by atoms with Crippen LogP contribution in [0.2, 0.25) is 10.1 Å². The van der Waals surface area contributed by atoms with Gasteiger partial charge in [-0.05, 0) is 46.7 Å². The van der Waals surface area contributed by atoms with Gasteiger partial charge in [-0.1, -0.05) is 80.7 Å². The molecule has 5 heteroatoms.